The Morgan fingerprint density at radius 3 is 2.80 bits per heavy atom. The smallest absolute Gasteiger partial charge is 0.129 e. The van der Waals surface area contributed by atoms with Gasteiger partial charge in [-0.05, 0) is 31.5 Å². The molecule has 1 aromatic carbocycles. The first-order valence-electron chi connectivity index (χ1n) is 6.77. The van der Waals surface area contributed by atoms with Gasteiger partial charge in [-0.15, -0.1) is 0 Å². The Morgan fingerprint density at radius 1 is 1.35 bits per heavy atom. The minimum absolute atomic E-state index is 0.0411. The molecule has 5 heteroatoms. The molecule has 20 heavy (non-hydrogen) atoms. The fourth-order valence-electron chi connectivity index (χ4n) is 2.20. The number of likely N-dealkylation sites (N-methyl/N-ethyl adjacent to an activating group) is 1. The largest absolute Gasteiger partial charge is 0.313 e. The Balaban J connectivity index is 2.15. The van der Waals surface area contributed by atoms with E-state index in [1.54, 1.807) is 6.20 Å². The highest BCUT2D eigenvalue weighted by Gasteiger charge is 2.15. The van der Waals surface area contributed by atoms with Crippen molar-refractivity contribution in [2.45, 2.75) is 32.4 Å². The van der Waals surface area contributed by atoms with Crippen LogP contribution in [0, 0.1) is 11.6 Å². The molecule has 2 rings (SSSR count). The standard InChI is InChI=1S/C15H19F2N3/c1-3-6-20-10-12(9-19-20)15(18-2)7-11-4-5-13(16)8-14(11)17/h4-5,8-10,15,18H,3,6-7H2,1-2H3. The fraction of sp³-hybridized carbons (Fsp3) is 0.400. The highest BCUT2D eigenvalue weighted by atomic mass is 19.1. The Hall–Kier alpha value is -1.75. The number of hydrogen-bond donors (Lipinski definition) is 1. The zero-order valence-corrected chi connectivity index (χ0v) is 11.7. The van der Waals surface area contributed by atoms with E-state index in [9.17, 15) is 8.78 Å². The lowest BCUT2D eigenvalue weighted by atomic mass is 10.0. The van der Waals surface area contributed by atoms with E-state index in [0.717, 1.165) is 24.6 Å². The van der Waals surface area contributed by atoms with Gasteiger partial charge in [-0.1, -0.05) is 13.0 Å². The van der Waals surface area contributed by atoms with Gasteiger partial charge in [0.2, 0.25) is 0 Å². The first-order valence-corrected chi connectivity index (χ1v) is 6.77. The van der Waals surface area contributed by atoms with Gasteiger partial charge in [0.25, 0.3) is 0 Å². The molecule has 3 nitrogen and oxygen atoms in total. The number of nitrogens with zero attached hydrogens (tertiary/aromatic N) is 2. The monoisotopic (exact) mass is 279 g/mol. The van der Waals surface area contributed by atoms with Crippen LogP contribution < -0.4 is 5.32 Å². The number of aryl methyl sites for hydroxylation is 1. The Morgan fingerprint density at radius 2 is 2.15 bits per heavy atom. The third-order valence-corrected chi connectivity index (χ3v) is 3.30. The average molecular weight is 279 g/mol. The molecule has 1 heterocycles. The van der Waals surface area contributed by atoms with E-state index in [1.807, 2.05) is 17.9 Å². The van der Waals surface area contributed by atoms with E-state index >= 15 is 0 Å². The van der Waals surface area contributed by atoms with Gasteiger partial charge >= 0.3 is 0 Å². The molecule has 108 valence electrons. The maximum Gasteiger partial charge on any atom is 0.129 e. The molecular formula is C15H19F2N3. The first kappa shape index (κ1) is 14.7. The van der Waals surface area contributed by atoms with Gasteiger partial charge in [-0.3, -0.25) is 4.68 Å². The lowest BCUT2D eigenvalue weighted by Gasteiger charge is -2.15. The molecule has 1 unspecified atom stereocenters. The van der Waals surface area contributed by atoms with Crippen molar-refractivity contribution in [3.8, 4) is 0 Å². The van der Waals surface area contributed by atoms with Crippen LogP contribution in [0.4, 0.5) is 8.78 Å². The highest BCUT2D eigenvalue weighted by Crippen LogP contribution is 2.20. The van der Waals surface area contributed by atoms with Gasteiger partial charge in [-0.2, -0.15) is 5.10 Å². The summed E-state index contributed by atoms with van der Waals surface area (Å²) in [7, 11) is 1.82. The summed E-state index contributed by atoms with van der Waals surface area (Å²) in [6.45, 7) is 2.95. The Labute approximate surface area is 117 Å². The first-order chi connectivity index (χ1) is 9.63. The molecule has 0 amide bonds. The predicted molar refractivity (Wildman–Crippen MR) is 74.4 cm³/mol. The second kappa shape index (κ2) is 6.61. The molecule has 0 aliphatic heterocycles. The molecule has 0 radical (unpaired) electrons. The van der Waals surface area contributed by atoms with Crippen molar-refractivity contribution >= 4 is 0 Å². The van der Waals surface area contributed by atoms with Gasteiger partial charge in [0, 0.05) is 30.4 Å². The minimum Gasteiger partial charge on any atom is -0.313 e. The lowest BCUT2D eigenvalue weighted by Crippen LogP contribution is -2.19. The van der Waals surface area contributed by atoms with Gasteiger partial charge in [0.05, 0.1) is 6.20 Å². The summed E-state index contributed by atoms with van der Waals surface area (Å²) in [6, 6.07) is 3.65. The normalized spacial score (nSPS) is 12.6. The van der Waals surface area contributed by atoms with Gasteiger partial charge < -0.3 is 5.32 Å². The summed E-state index contributed by atoms with van der Waals surface area (Å²) in [4.78, 5) is 0. The van der Waals surface area contributed by atoms with Crippen molar-refractivity contribution < 1.29 is 8.78 Å². The third-order valence-electron chi connectivity index (χ3n) is 3.30. The van der Waals surface area contributed by atoms with E-state index in [1.165, 1.54) is 12.1 Å². The summed E-state index contributed by atoms with van der Waals surface area (Å²) < 4.78 is 28.5. The highest BCUT2D eigenvalue weighted by molar-refractivity contribution is 5.22. The van der Waals surface area contributed by atoms with Crippen molar-refractivity contribution in [1.29, 1.82) is 0 Å². The zero-order chi connectivity index (χ0) is 14.5. The van der Waals surface area contributed by atoms with E-state index < -0.39 is 11.6 Å². The second-order valence-electron chi connectivity index (χ2n) is 4.82. The van der Waals surface area contributed by atoms with Crippen molar-refractivity contribution in [2.24, 2.45) is 0 Å². The topological polar surface area (TPSA) is 29.9 Å². The van der Waals surface area contributed by atoms with Crippen molar-refractivity contribution in [3.05, 3.63) is 53.4 Å². The molecule has 1 aromatic heterocycles. The molecule has 2 aromatic rings. The summed E-state index contributed by atoms with van der Waals surface area (Å²) in [5, 5.41) is 7.43. The Kier molecular flexibility index (Phi) is 4.84. The van der Waals surface area contributed by atoms with Gasteiger partial charge in [-0.25, -0.2) is 8.78 Å². The third kappa shape index (κ3) is 3.42. The second-order valence-corrected chi connectivity index (χ2v) is 4.82. The molecule has 1 atom stereocenters. The van der Waals surface area contributed by atoms with E-state index in [-0.39, 0.29) is 6.04 Å². The van der Waals surface area contributed by atoms with Crippen molar-refractivity contribution in [1.82, 2.24) is 15.1 Å². The average Bonchev–Trinajstić information content (AvgIpc) is 2.87. The number of rotatable bonds is 6. The number of halogens is 2. The van der Waals surface area contributed by atoms with Crippen LogP contribution in [0.25, 0.3) is 0 Å². The Bertz CT molecular complexity index is 566. The number of aromatic nitrogens is 2. The fourth-order valence-corrected chi connectivity index (χ4v) is 2.20. The minimum atomic E-state index is -0.553. The maximum absolute atomic E-state index is 13.7. The zero-order valence-electron chi connectivity index (χ0n) is 11.7. The molecule has 1 N–H and O–H groups in total. The summed E-state index contributed by atoms with van der Waals surface area (Å²) in [6.07, 6.45) is 5.22. The molecule has 0 aliphatic rings. The van der Waals surface area contributed by atoms with Crippen LogP contribution in [0.3, 0.4) is 0 Å². The van der Waals surface area contributed by atoms with E-state index in [4.69, 9.17) is 0 Å². The number of nitrogens with one attached hydrogen (secondary N) is 1. The molecule has 0 saturated carbocycles. The van der Waals surface area contributed by atoms with Gasteiger partial charge in [0.1, 0.15) is 11.6 Å². The summed E-state index contributed by atoms with van der Waals surface area (Å²) in [5.41, 5.74) is 1.50. The van der Waals surface area contributed by atoms with Crippen molar-refractivity contribution in [3.63, 3.8) is 0 Å². The molecular weight excluding hydrogens is 260 g/mol. The molecule has 0 saturated heterocycles. The number of hydrogen-bond acceptors (Lipinski definition) is 2. The predicted octanol–water partition coefficient (Wildman–Crippen LogP) is 3.07. The lowest BCUT2D eigenvalue weighted by molar-refractivity contribution is 0.539. The van der Waals surface area contributed by atoms with Crippen LogP contribution in [-0.2, 0) is 13.0 Å². The van der Waals surface area contributed by atoms with Crippen LogP contribution in [0.1, 0.15) is 30.5 Å². The summed E-state index contributed by atoms with van der Waals surface area (Å²) in [5.74, 6) is -1.06. The molecule has 0 aliphatic carbocycles. The molecule has 0 fully saturated rings. The molecule has 0 spiro atoms. The van der Waals surface area contributed by atoms with E-state index in [0.29, 0.717) is 12.0 Å². The summed E-state index contributed by atoms with van der Waals surface area (Å²) >= 11 is 0. The van der Waals surface area contributed by atoms with Crippen molar-refractivity contribution in [2.75, 3.05) is 7.05 Å². The van der Waals surface area contributed by atoms with Crippen LogP contribution in [0.15, 0.2) is 30.6 Å². The van der Waals surface area contributed by atoms with Crippen LogP contribution in [-0.4, -0.2) is 16.8 Å². The van der Waals surface area contributed by atoms with Crippen LogP contribution >= 0.6 is 0 Å². The molecule has 0 bridgehead atoms. The van der Waals surface area contributed by atoms with Gasteiger partial charge in [0.15, 0.2) is 0 Å². The SMILES string of the molecule is CCCn1cc(C(Cc2ccc(F)cc2F)NC)cn1. The van der Waals surface area contributed by atoms with E-state index in [2.05, 4.69) is 17.3 Å². The van der Waals surface area contributed by atoms with Crippen LogP contribution in [0.2, 0.25) is 0 Å². The van der Waals surface area contributed by atoms with Crippen LogP contribution in [0.5, 0.6) is 0 Å². The quantitative estimate of drug-likeness (QED) is 0.880. The number of benzene rings is 1. The maximum atomic E-state index is 13.7.